The maximum atomic E-state index is 8.99. The third kappa shape index (κ3) is 1.80. The van der Waals surface area contributed by atoms with E-state index in [-0.39, 0.29) is 6.61 Å². The molecule has 0 fully saturated rings. The van der Waals surface area contributed by atoms with E-state index in [1.165, 1.54) is 0 Å². The second kappa shape index (κ2) is 4.02. The normalized spacial score (nSPS) is 10.4. The van der Waals surface area contributed by atoms with E-state index in [0.717, 1.165) is 12.1 Å². The fourth-order valence-corrected chi connectivity index (χ4v) is 1.32. The molecule has 2 rings (SSSR count). The molecule has 2 heterocycles. The van der Waals surface area contributed by atoms with Crippen molar-refractivity contribution in [3.8, 4) is 0 Å². The van der Waals surface area contributed by atoms with E-state index in [0.29, 0.717) is 5.82 Å². The zero-order valence-corrected chi connectivity index (χ0v) is 7.67. The molecule has 0 spiro atoms. The molecule has 0 aliphatic heterocycles. The molecule has 14 heavy (non-hydrogen) atoms. The van der Waals surface area contributed by atoms with Crippen LogP contribution in [0.4, 0.5) is 0 Å². The molecule has 0 aliphatic carbocycles. The second-order valence-corrected chi connectivity index (χ2v) is 2.98. The maximum absolute atomic E-state index is 8.99. The van der Waals surface area contributed by atoms with Gasteiger partial charge in [0, 0.05) is 31.3 Å². The standard InChI is InChI=1S/C10H11N3O/c14-8-10-12-5-6-13(10)7-9-1-3-11-4-2-9/h1-6,14H,7-8H2. The van der Waals surface area contributed by atoms with E-state index in [2.05, 4.69) is 9.97 Å². The third-order valence-electron chi connectivity index (χ3n) is 2.05. The van der Waals surface area contributed by atoms with Crippen LogP contribution in [0.1, 0.15) is 11.4 Å². The molecule has 0 saturated heterocycles. The predicted molar refractivity (Wildman–Crippen MR) is 51.5 cm³/mol. The molecular weight excluding hydrogens is 178 g/mol. The summed E-state index contributed by atoms with van der Waals surface area (Å²) in [5.41, 5.74) is 1.15. The lowest BCUT2D eigenvalue weighted by Crippen LogP contribution is -2.03. The molecule has 2 aromatic heterocycles. The highest BCUT2D eigenvalue weighted by molar-refractivity contribution is 5.11. The topological polar surface area (TPSA) is 50.9 Å². The molecular formula is C10H11N3O. The number of hydrogen-bond acceptors (Lipinski definition) is 3. The van der Waals surface area contributed by atoms with Gasteiger partial charge >= 0.3 is 0 Å². The number of rotatable bonds is 3. The molecule has 4 nitrogen and oxygen atoms in total. The van der Waals surface area contributed by atoms with Crippen LogP contribution in [-0.2, 0) is 13.2 Å². The molecule has 0 aromatic carbocycles. The first-order chi connectivity index (χ1) is 6.90. The van der Waals surface area contributed by atoms with Crippen molar-refractivity contribution in [3.05, 3.63) is 48.3 Å². The molecule has 4 heteroatoms. The van der Waals surface area contributed by atoms with Crippen molar-refractivity contribution >= 4 is 0 Å². The quantitative estimate of drug-likeness (QED) is 0.777. The summed E-state index contributed by atoms with van der Waals surface area (Å²) in [6.45, 7) is 0.691. The lowest BCUT2D eigenvalue weighted by molar-refractivity contribution is 0.266. The summed E-state index contributed by atoms with van der Waals surface area (Å²) in [5, 5.41) is 8.99. The van der Waals surface area contributed by atoms with Crippen LogP contribution in [0.25, 0.3) is 0 Å². The van der Waals surface area contributed by atoms with Crippen LogP contribution in [0.3, 0.4) is 0 Å². The van der Waals surface area contributed by atoms with E-state index in [1.54, 1.807) is 18.6 Å². The highest BCUT2D eigenvalue weighted by Crippen LogP contribution is 2.04. The van der Waals surface area contributed by atoms with Gasteiger partial charge in [0.2, 0.25) is 0 Å². The van der Waals surface area contributed by atoms with Gasteiger partial charge in [0.25, 0.3) is 0 Å². The van der Waals surface area contributed by atoms with Gasteiger partial charge in [-0.2, -0.15) is 0 Å². The molecule has 0 amide bonds. The van der Waals surface area contributed by atoms with Gasteiger partial charge in [-0.3, -0.25) is 4.98 Å². The molecule has 0 radical (unpaired) electrons. The zero-order chi connectivity index (χ0) is 9.80. The number of aromatic nitrogens is 3. The van der Waals surface area contributed by atoms with Crippen molar-refractivity contribution in [2.75, 3.05) is 0 Å². The van der Waals surface area contributed by atoms with Crippen LogP contribution >= 0.6 is 0 Å². The van der Waals surface area contributed by atoms with Crippen LogP contribution < -0.4 is 0 Å². The number of imidazole rings is 1. The van der Waals surface area contributed by atoms with Crippen molar-refractivity contribution in [1.82, 2.24) is 14.5 Å². The van der Waals surface area contributed by atoms with Gasteiger partial charge in [-0.15, -0.1) is 0 Å². The number of nitrogens with zero attached hydrogens (tertiary/aromatic N) is 3. The Morgan fingerprint density at radius 3 is 2.71 bits per heavy atom. The lowest BCUT2D eigenvalue weighted by Gasteiger charge is -2.05. The highest BCUT2D eigenvalue weighted by Gasteiger charge is 2.00. The third-order valence-corrected chi connectivity index (χ3v) is 2.05. The van der Waals surface area contributed by atoms with Crippen molar-refractivity contribution in [3.63, 3.8) is 0 Å². The van der Waals surface area contributed by atoms with Crippen molar-refractivity contribution in [2.24, 2.45) is 0 Å². The van der Waals surface area contributed by atoms with Gasteiger partial charge in [0.1, 0.15) is 12.4 Å². The summed E-state index contributed by atoms with van der Waals surface area (Å²) in [4.78, 5) is 7.97. The molecule has 0 bridgehead atoms. The monoisotopic (exact) mass is 189 g/mol. The minimum Gasteiger partial charge on any atom is -0.388 e. The van der Waals surface area contributed by atoms with Gasteiger partial charge in [-0.1, -0.05) is 0 Å². The molecule has 0 aliphatic rings. The first-order valence-electron chi connectivity index (χ1n) is 4.40. The first kappa shape index (κ1) is 8.90. The van der Waals surface area contributed by atoms with E-state index < -0.39 is 0 Å². The Balaban J connectivity index is 2.19. The first-order valence-corrected chi connectivity index (χ1v) is 4.40. The van der Waals surface area contributed by atoms with Crippen molar-refractivity contribution in [2.45, 2.75) is 13.2 Å². The number of pyridine rings is 1. The zero-order valence-electron chi connectivity index (χ0n) is 7.67. The Morgan fingerprint density at radius 1 is 1.21 bits per heavy atom. The Kier molecular flexibility index (Phi) is 2.55. The molecule has 0 atom stereocenters. The fourth-order valence-electron chi connectivity index (χ4n) is 1.32. The van der Waals surface area contributed by atoms with Gasteiger partial charge in [-0.05, 0) is 17.7 Å². The number of hydrogen-bond donors (Lipinski definition) is 1. The van der Waals surface area contributed by atoms with Crippen LogP contribution in [0.5, 0.6) is 0 Å². The molecule has 0 unspecified atom stereocenters. The summed E-state index contributed by atoms with van der Waals surface area (Å²) in [6, 6.07) is 3.89. The maximum Gasteiger partial charge on any atom is 0.134 e. The highest BCUT2D eigenvalue weighted by atomic mass is 16.3. The molecule has 2 aromatic rings. The van der Waals surface area contributed by atoms with E-state index in [9.17, 15) is 0 Å². The Hall–Kier alpha value is -1.68. The SMILES string of the molecule is OCc1nccn1Cc1ccncc1. The van der Waals surface area contributed by atoms with Crippen molar-refractivity contribution < 1.29 is 5.11 Å². The minimum atomic E-state index is -0.0297. The van der Waals surface area contributed by atoms with Gasteiger partial charge in [0.05, 0.1) is 0 Å². The van der Waals surface area contributed by atoms with E-state index in [1.807, 2.05) is 22.9 Å². The van der Waals surface area contributed by atoms with Gasteiger partial charge < -0.3 is 9.67 Å². The lowest BCUT2D eigenvalue weighted by atomic mass is 10.3. The summed E-state index contributed by atoms with van der Waals surface area (Å²) in [5.74, 6) is 0.682. The summed E-state index contributed by atoms with van der Waals surface area (Å²) >= 11 is 0. The largest absolute Gasteiger partial charge is 0.388 e. The van der Waals surface area contributed by atoms with Crippen molar-refractivity contribution in [1.29, 1.82) is 0 Å². The van der Waals surface area contributed by atoms with Crippen LogP contribution in [0, 0.1) is 0 Å². The van der Waals surface area contributed by atoms with Gasteiger partial charge in [-0.25, -0.2) is 4.98 Å². The van der Waals surface area contributed by atoms with Crippen LogP contribution in [0.15, 0.2) is 36.9 Å². The molecule has 72 valence electrons. The Labute approximate surface area is 81.9 Å². The van der Waals surface area contributed by atoms with Crippen LogP contribution in [0.2, 0.25) is 0 Å². The summed E-state index contributed by atoms with van der Waals surface area (Å²) in [7, 11) is 0. The number of aliphatic hydroxyl groups is 1. The predicted octanol–water partition coefficient (Wildman–Crippen LogP) is 0.819. The molecule has 0 saturated carbocycles. The van der Waals surface area contributed by atoms with Crippen LogP contribution in [-0.4, -0.2) is 19.6 Å². The summed E-state index contributed by atoms with van der Waals surface area (Å²) < 4.78 is 1.91. The minimum absolute atomic E-state index is 0.0297. The van der Waals surface area contributed by atoms with E-state index >= 15 is 0 Å². The van der Waals surface area contributed by atoms with E-state index in [4.69, 9.17) is 5.11 Å². The molecule has 1 N–H and O–H groups in total. The Bertz CT molecular complexity index is 397. The number of aliphatic hydroxyl groups excluding tert-OH is 1. The average molecular weight is 189 g/mol. The van der Waals surface area contributed by atoms with Gasteiger partial charge in [0.15, 0.2) is 0 Å². The Morgan fingerprint density at radius 2 is 2.00 bits per heavy atom. The average Bonchev–Trinajstić information content (AvgIpc) is 2.67. The smallest absolute Gasteiger partial charge is 0.134 e. The summed E-state index contributed by atoms with van der Waals surface area (Å²) in [6.07, 6.45) is 7.05. The second-order valence-electron chi connectivity index (χ2n) is 2.98. The fraction of sp³-hybridized carbons (Fsp3) is 0.200.